The summed E-state index contributed by atoms with van der Waals surface area (Å²) in [6.07, 6.45) is 3.27. The van der Waals surface area contributed by atoms with Gasteiger partial charge in [-0.2, -0.15) is 4.37 Å². The molecule has 0 atom stereocenters. The van der Waals surface area contributed by atoms with Gasteiger partial charge < -0.3 is 21.7 Å². The minimum absolute atomic E-state index is 0.0158. The van der Waals surface area contributed by atoms with E-state index in [-0.39, 0.29) is 23.8 Å². The van der Waals surface area contributed by atoms with Crippen molar-refractivity contribution in [1.82, 2.24) is 9.27 Å². The summed E-state index contributed by atoms with van der Waals surface area (Å²) in [6, 6.07) is 0. The first-order valence-electron chi connectivity index (χ1n) is 6.16. The number of anilines is 2. The fourth-order valence-electron chi connectivity index (χ4n) is 2.07. The number of primary amides is 1. The molecule has 0 bridgehead atoms. The molecule has 1 aromatic rings. The number of rotatable bonds is 4. The van der Waals surface area contributed by atoms with E-state index in [4.69, 9.17) is 11.5 Å². The summed E-state index contributed by atoms with van der Waals surface area (Å²) in [4.78, 5) is 25.0. The van der Waals surface area contributed by atoms with E-state index < -0.39 is 5.91 Å². The summed E-state index contributed by atoms with van der Waals surface area (Å²) in [6.45, 7) is 1.73. The van der Waals surface area contributed by atoms with Gasteiger partial charge in [0, 0.05) is 13.1 Å². The highest BCUT2D eigenvalue weighted by molar-refractivity contribution is 7.11. The minimum Gasteiger partial charge on any atom is -0.382 e. The smallest absolute Gasteiger partial charge is 0.255 e. The molecule has 7 nitrogen and oxygen atoms in total. The zero-order valence-electron chi connectivity index (χ0n) is 10.5. The lowest BCUT2D eigenvalue weighted by Crippen LogP contribution is -2.39. The van der Waals surface area contributed by atoms with Crippen LogP contribution in [-0.2, 0) is 4.79 Å². The molecule has 1 aromatic heterocycles. The van der Waals surface area contributed by atoms with Gasteiger partial charge in [0.2, 0.25) is 5.91 Å². The van der Waals surface area contributed by atoms with Crippen LogP contribution < -0.4 is 16.8 Å². The zero-order chi connectivity index (χ0) is 13.8. The molecule has 5 N–H and O–H groups in total. The number of amides is 2. The number of likely N-dealkylation sites (tertiary alicyclic amines) is 1. The highest BCUT2D eigenvalue weighted by Crippen LogP contribution is 2.25. The SMILES string of the molecule is NC(=O)c1c(N)nsc1NCC(=O)N1CCCCC1. The summed E-state index contributed by atoms with van der Waals surface area (Å²) < 4.78 is 3.86. The molecule has 8 heteroatoms. The highest BCUT2D eigenvalue weighted by atomic mass is 32.1. The van der Waals surface area contributed by atoms with Crippen molar-refractivity contribution >= 4 is 34.2 Å². The monoisotopic (exact) mass is 283 g/mol. The molecule has 2 heterocycles. The third-order valence-electron chi connectivity index (χ3n) is 3.07. The Balaban J connectivity index is 1.95. The summed E-state index contributed by atoms with van der Waals surface area (Å²) >= 11 is 1.04. The molecular weight excluding hydrogens is 266 g/mol. The van der Waals surface area contributed by atoms with E-state index in [1.54, 1.807) is 0 Å². The van der Waals surface area contributed by atoms with E-state index in [1.807, 2.05) is 4.90 Å². The fraction of sp³-hybridized carbons (Fsp3) is 0.545. The Morgan fingerprint density at radius 1 is 1.32 bits per heavy atom. The number of nitrogen functional groups attached to an aromatic ring is 1. The molecule has 1 fully saturated rings. The average molecular weight is 283 g/mol. The van der Waals surface area contributed by atoms with Crippen molar-refractivity contribution in [3.05, 3.63) is 5.56 Å². The van der Waals surface area contributed by atoms with Crippen LogP contribution in [0.2, 0.25) is 0 Å². The van der Waals surface area contributed by atoms with Crippen LogP contribution in [0, 0.1) is 0 Å². The molecule has 0 radical (unpaired) electrons. The Labute approximate surface area is 115 Å². The number of carbonyl (C=O) groups excluding carboxylic acids is 2. The normalized spacial score (nSPS) is 15.3. The summed E-state index contributed by atoms with van der Waals surface area (Å²) in [7, 11) is 0. The van der Waals surface area contributed by atoms with Crippen LogP contribution in [0.25, 0.3) is 0 Å². The number of nitrogens with one attached hydrogen (secondary N) is 1. The first kappa shape index (κ1) is 13.6. The molecule has 2 rings (SSSR count). The van der Waals surface area contributed by atoms with Crippen molar-refractivity contribution in [1.29, 1.82) is 0 Å². The lowest BCUT2D eigenvalue weighted by Gasteiger charge is -2.26. The van der Waals surface area contributed by atoms with Crippen LogP contribution in [0.5, 0.6) is 0 Å². The van der Waals surface area contributed by atoms with Gasteiger partial charge in [0.1, 0.15) is 10.6 Å². The van der Waals surface area contributed by atoms with Crippen LogP contribution >= 0.6 is 11.5 Å². The Morgan fingerprint density at radius 2 is 2.00 bits per heavy atom. The largest absolute Gasteiger partial charge is 0.382 e. The number of hydrogen-bond acceptors (Lipinski definition) is 6. The van der Waals surface area contributed by atoms with Gasteiger partial charge in [-0.1, -0.05) is 0 Å². The molecule has 0 aliphatic carbocycles. The molecule has 1 saturated heterocycles. The van der Waals surface area contributed by atoms with Gasteiger partial charge in [-0.3, -0.25) is 9.59 Å². The van der Waals surface area contributed by atoms with Crippen molar-refractivity contribution in [3.63, 3.8) is 0 Å². The Kier molecular flexibility index (Phi) is 4.20. The number of carbonyl (C=O) groups is 2. The number of hydrogen-bond donors (Lipinski definition) is 3. The molecule has 0 unspecified atom stereocenters. The quantitative estimate of drug-likeness (QED) is 0.732. The number of piperidine rings is 1. The number of nitrogens with zero attached hydrogens (tertiary/aromatic N) is 2. The Bertz CT molecular complexity index is 481. The predicted octanol–water partition coefficient (Wildman–Crippen LogP) is 0.249. The van der Waals surface area contributed by atoms with Crippen LogP contribution in [0.3, 0.4) is 0 Å². The first-order valence-corrected chi connectivity index (χ1v) is 6.93. The maximum atomic E-state index is 12.0. The summed E-state index contributed by atoms with van der Waals surface area (Å²) in [5, 5.41) is 3.35. The van der Waals surface area contributed by atoms with Gasteiger partial charge in [0.25, 0.3) is 5.91 Å². The third-order valence-corrected chi connectivity index (χ3v) is 3.89. The number of nitrogens with two attached hydrogens (primary N) is 2. The molecule has 0 spiro atoms. The van der Waals surface area contributed by atoms with E-state index >= 15 is 0 Å². The lowest BCUT2D eigenvalue weighted by molar-refractivity contribution is -0.130. The summed E-state index contributed by atoms with van der Waals surface area (Å²) in [5.74, 6) is -0.522. The molecule has 104 valence electrons. The van der Waals surface area contributed by atoms with E-state index in [0.717, 1.165) is 37.5 Å². The second kappa shape index (κ2) is 5.87. The standard InChI is InChI=1S/C11H17N5O2S/c12-9-8(10(13)18)11(19-15-9)14-6-7(17)16-4-2-1-3-5-16/h14H,1-6H2,(H2,12,15)(H2,13,18). The van der Waals surface area contributed by atoms with Crippen LogP contribution in [0.15, 0.2) is 0 Å². The van der Waals surface area contributed by atoms with E-state index in [9.17, 15) is 9.59 Å². The summed E-state index contributed by atoms with van der Waals surface area (Å²) in [5.41, 5.74) is 10.9. The zero-order valence-corrected chi connectivity index (χ0v) is 11.3. The molecule has 1 aliphatic heterocycles. The van der Waals surface area contributed by atoms with Crippen molar-refractivity contribution in [3.8, 4) is 0 Å². The van der Waals surface area contributed by atoms with Gasteiger partial charge in [-0.25, -0.2) is 0 Å². The minimum atomic E-state index is -0.640. The second-order valence-corrected chi connectivity index (χ2v) is 5.20. The van der Waals surface area contributed by atoms with E-state index in [1.165, 1.54) is 6.42 Å². The fourth-order valence-corrected chi connectivity index (χ4v) is 2.79. The molecule has 19 heavy (non-hydrogen) atoms. The van der Waals surface area contributed by atoms with Crippen LogP contribution in [0.1, 0.15) is 29.6 Å². The topological polar surface area (TPSA) is 114 Å². The van der Waals surface area contributed by atoms with E-state index in [2.05, 4.69) is 9.69 Å². The van der Waals surface area contributed by atoms with Gasteiger partial charge >= 0.3 is 0 Å². The van der Waals surface area contributed by atoms with Crippen molar-refractivity contribution in [2.45, 2.75) is 19.3 Å². The van der Waals surface area contributed by atoms with Gasteiger partial charge in [-0.05, 0) is 30.8 Å². The number of aromatic nitrogens is 1. The third kappa shape index (κ3) is 3.14. The predicted molar refractivity (Wildman–Crippen MR) is 74.0 cm³/mol. The van der Waals surface area contributed by atoms with Crippen molar-refractivity contribution in [2.75, 3.05) is 30.7 Å². The maximum Gasteiger partial charge on any atom is 0.255 e. The average Bonchev–Trinajstić information content (AvgIpc) is 2.78. The highest BCUT2D eigenvalue weighted by Gasteiger charge is 2.19. The second-order valence-electron chi connectivity index (χ2n) is 4.43. The molecule has 0 saturated carbocycles. The molecule has 1 aliphatic rings. The van der Waals surface area contributed by atoms with Gasteiger partial charge in [0.15, 0.2) is 5.82 Å². The molecular formula is C11H17N5O2S. The maximum absolute atomic E-state index is 12.0. The molecule has 0 aromatic carbocycles. The van der Waals surface area contributed by atoms with E-state index in [0.29, 0.717) is 5.00 Å². The van der Waals surface area contributed by atoms with Crippen LogP contribution in [0.4, 0.5) is 10.8 Å². The lowest BCUT2D eigenvalue weighted by atomic mass is 10.1. The Hall–Kier alpha value is -1.83. The van der Waals surface area contributed by atoms with Crippen LogP contribution in [-0.4, -0.2) is 40.7 Å². The molecule has 2 amide bonds. The van der Waals surface area contributed by atoms with Crippen molar-refractivity contribution in [2.24, 2.45) is 5.73 Å². The van der Waals surface area contributed by atoms with Gasteiger partial charge in [0.05, 0.1) is 6.54 Å². The Morgan fingerprint density at radius 3 is 2.63 bits per heavy atom. The van der Waals surface area contributed by atoms with Gasteiger partial charge in [-0.15, -0.1) is 0 Å². The first-order chi connectivity index (χ1) is 9.09. The van der Waals surface area contributed by atoms with Crippen molar-refractivity contribution < 1.29 is 9.59 Å².